The summed E-state index contributed by atoms with van der Waals surface area (Å²) in [6, 6.07) is 5.38. The van der Waals surface area contributed by atoms with E-state index in [0.29, 0.717) is 23.9 Å². The lowest BCUT2D eigenvalue weighted by Crippen LogP contribution is -2.36. The summed E-state index contributed by atoms with van der Waals surface area (Å²) >= 11 is 5.34. The zero-order chi connectivity index (χ0) is 18.3. The molecule has 0 spiro atoms. The van der Waals surface area contributed by atoms with Gasteiger partial charge in [-0.3, -0.25) is 0 Å². The number of nitrogens with one attached hydrogen (secondary N) is 2. The highest BCUT2D eigenvalue weighted by molar-refractivity contribution is 7.89. The number of hydrogen-bond donors (Lipinski definition) is 2. The molecule has 0 aliphatic rings. The van der Waals surface area contributed by atoms with E-state index in [9.17, 15) is 8.42 Å². The summed E-state index contributed by atoms with van der Waals surface area (Å²) in [5.74, 6) is 0. The van der Waals surface area contributed by atoms with Crippen molar-refractivity contribution < 1.29 is 8.42 Å². The van der Waals surface area contributed by atoms with Gasteiger partial charge in [0.05, 0.1) is 4.90 Å². The van der Waals surface area contributed by atoms with E-state index in [2.05, 4.69) is 24.5 Å². The van der Waals surface area contributed by atoms with E-state index in [1.807, 2.05) is 20.8 Å². The molecule has 5 nitrogen and oxygen atoms in total. The minimum absolute atomic E-state index is 0.276. The van der Waals surface area contributed by atoms with Crippen molar-refractivity contribution in [3.8, 4) is 0 Å². The molecule has 136 valence electrons. The maximum absolute atomic E-state index is 12.7. The molecule has 24 heavy (non-hydrogen) atoms. The summed E-state index contributed by atoms with van der Waals surface area (Å²) in [7, 11) is -3.48. The molecule has 0 heterocycles. The van der Waals surface area contributed by atoms with Crippen molar-refractivity contribution in [2.75, 3.05) is 18.4 Å². The summed E-state index contributed by atoms with van der Waals surface area (Å²) < 4.78 is 26.8. The minimum atomic E-state index is -3.48. The number of benzene rings is 1. The van der Waals surface area contributed by atoms with Gasteiger partial charge in [-0.2, -0.15) is 4.31 Å². The predicted molar refractivity (Wildman–Crippen MR) is 105 cm³/mol. The number of aryl methyl sites for hydroxylation is 1. The van der Waals surface area contributed by atoms with Crippen LogP contribution in [0.25, 0.3) is 0 Å². The van der Waals surface area contributed by atoms with E-state index in [1.165, 1.54) is 4.31 Å². The van der Waals surface area contributed by atoms with E-state index >= 15 is 0 Å². The van der Waals surface area contributed by atoms with Gasteiger partial charge in [-0.25, -0.2) is 8.42 Å². The molecule has 0 saturated carbocycles. The highest BCUT2D eigenvalue weighted by Crippen LogP contribution is 2.23. The normalized spacial score (nSPS) is 12.9. The molecule has 0 aliphatic heterocycles. The van der Waals surface area contributed by atoms with Crippen LogP contribution in [-0.2, 0) is 10.0 Å². The molecule has 7 heteroatoms. The first-order valence-corrected chi connectivity index (χ1v) is 10.3. The van der Waals surface area contributed by atoms with Crippen LogP contribution in [0.15, 0.2) is 23.1 Å². The minimum Gasteiger partial charge on any atom is -0.360 e. The largest absolute Gasteiger partial charge is 0.360 e. The van der Waals surface area contributed by atoms with Gasteiger partial charge in [0, 0.05) is 24.8 Å². The maximum Gasteiger partial charge on any atom is 0.243 e. The van der Waals surface area contributed by atoms with Gasteiger partial charge in [0.2, 0.25) is 10.0 Å². The van der Waals surface area contributed by atoms with Crippen molar-refractivity contribution in [3.63, 3.8) is 0 Å². The molecule has 0 radical (unpaired) electrons. The lowest BCUT2D eigenvalue weighted by molar-refractivity contribution is 0.445. The number of sulfonamides is 1. The number of anilines is 1. The van der Waals surface area contributed by atoms with Crippen molar-refractivity contribution >= 4 is 33.0 Å². The Labute approximate surface area is 151 Å². The van der Waals surface area contributed by atoms with Crippen LogP contribution in [0, 0.1) is 6.92 Å². The molecule has 1 aromatic carbocycles. The van der Waals surface area contributed by atoms with Gasteiger partial charge in [0.1, 0.15) is 0 Å². The fourth-order valence-corrected chi connectivity index (χ4v) is 4.29. The fourth-order valence-electron chi connectivity index (χ4n) is 2.50. The molecule has 1 atom stereocenters. The summed E-state index contributed by atoms with van der Waals surface area (Å²) in [5.41, 5.74) is 1.66. The lowest BCUT2D eigenvalue weighted by atomic mass is 10.2. The van der Waals surface area contributed by atoms with Gasteiger partial charge in [-0.1, -0.05) is 33.3 Å². The van der Waals surface area contributed by atoms with Crippen molar-refractivity contribution in [3.05, 3.63) is 23.8 Å². The maximum atomic E-state index is 12.7. The average Bonchev–Trinajstić information content (AvgIpc) is 2.50. The van der Waals surface area contributed by atoms with E-state index in [-0.39, 0.29) is 10.9 Å². The molecular weight excluding hydrogens is 342 g/mol. The Balaban J connectivity index is 3.00. The average molecular weight is 372 g/mol. The van der Waals surface area contributed by atoms with Gasteiger partial charge in [-0.05, 0) is 50.2 Å². The molecule has 0 unspecified atom stereocenters. The molecular formula is C17H29N3O2S2. The zero-order valence-electron chi connectivity index (χ0n) is 15.2. The van der Waals surface area contributed by atoms with Crippen LogP contribution in [0.3, 0.4) is 0 Å². The Morgan fingerprint density at radius 2 is 1.88 bits per heavy atom. The summed E-state index contributed by atoms with van der Waals surface area (Å²) in [5, 5.41) is 6.86. The van der Waals surface area contributed by atoms with Crippen LogP contribution in [0.1, 0.15) is 46.1 Å². The van der Waals surface area contributed by atoms with E-state index in [4.69, 9.17) is 12.2 Å². The van der Waals surface area contributed by atoms with Gasteiger partial charge < -0.3 is 10.6 Å². The van der Waals surface area contributed by atoms with Crippen molar-refractivity contribution in [1.82, 2.24) is 9.62 Å². The second-order valence-corrected chi connectivity index (χ2v) is 8.20. The molecule has 0 saturated heterocycles. The van der Waals surface area contributed by atoms with Crippen LogP contribution in [-0.4, -0.2) is 37.0 Å². The SMILES string of the molecule is CCC[C@H](C)NC(=S)Nc1cc(S(=O)(=O)N(CC)CC)ccc1C. The third-order valence-electron chi connectivity index (χ3n) is 3.90. The van der Waals surface area contributed by atoms with Crippen LogP contribution >= 0.6 is 12.2 Å². The fraction of sp³-hybridized carbons (Fsp3) is 0.588. The van der Waals surface area contributed by atoms with Gasteiger partial charge in [-0.15, -0.1) is 0 Å². The van der Waals surface area contributed by atoms with E-state index in [0.717, 1.165) is 18.4 Å². The quantitative estimate of drug-likeness (QED) is 0.685. The Hall–Kier alpha value is -1.18. The Morgan fingerprint density at radius 3 is 2.42 bits per heavy atom. The van der Waals surface area contributed by atoms with Gasteiger partial charge in [0.15, 0.2) is 5.11 Å². The summed E-state index contributed by atoms with van der Waals surface area (Å²) in [4.78, 5) is 0.281. The Morgan fingerprint density at radius 1 is 1.25 bits per heavy atom. The van der Waals surface area contributed by atoms with Crippen molar-refractivity contribution in [2.45, 2.75) is 58.4 Å². The Bertz CT molecular complexity index is 656. The second kappa shape index (κ2) is 9.34. The highest BCUT2D eigenvalue weighted by atomic mass is 32.2. The van der Waals surface area contributed by atoms with Gasteiger partial charge >= 0.3 is 0 Å². The second-order valence-electron chi connectivity index (χ2n) is 5.85. The van der Waals surface area contributed by atoms with Crippen LogP contribution < -0.4 is 10.6 Å². The first-order chi connectivity index (χ1) is 11.3. The van der Waals surface area contributed by atoms with Crippen LogP contribution in [0.2, 0.25) is 0 Å². The molecule has 0 amide bonds. The molecule has 0 aromatic heterocycles. The molecule has 0 aliphatic carbocycles. The third-order valence-corrected chi connectivity index (χ3v) is 6.17. The number of hydrogen-bond acceptors (Lipinski definition) is 3. The van der Waals surface area contributed by atoms with E-state index < -0.39 is 10.0 Å². The number of thiocarbonyl (C=S) groups is 1. The smallest absolute Gasteiger partial charge is 0.243 e. The van der Waals surface area contributed by atoms with Crippen molar-refractivity contribution in [1.29, 1.82) is 0 Å². The number of nitrogens with zero attached hydrogens (tertiary/aromatic N) is 1. The first-order valence-electron chi connectivity index (χ1n) is 8.44. The lowest BCUT2D eigenvalue weighted by Gasteiger charge is -2.20. The monoisotopic (exact) mass is 371 g/mol. The zero-order valence-corrected chi connectivity index (χ0v) is 16.9. The predicted octanol–water partition coefficient (Wildman–Crippen LogP) is 3.50. The molecule has 0 fully saturated rings. The van der Waals surface area contributed by atoms with Crippen molar-refractivity contribution in [2.24, 2.45) is 0 Å². The van der Waals surface area contributed by atoms with E-state index in [1.54, 1.807) is 18.2 Å². The first kappa shape index (κ1) is 20.9. The third kappa shape index (κ3) is 5.43. The highest BCUT2D eigenvalue weighted by Gasteiger charge is 2.22. The topological polar surface area (TPSA) is 61.4 Å². The summed E-state index contributed by atoms with van der Waals surface area (Å²) in [6.45, 7) is 10.7. The van der Waals surface area contributed by atoms with Crippen LogP contribution in [0.5, 0.6) is 0 Å². The van der Waals surface area contributed by atoms with Gasteiger partial charge in [0.25, 0.3) is 0 Å². The Kier molecular flexibility index (Phi) is 8.12. The molecule has 2 N–H and O–H groups in total. The van der Waals surface area contributed by atoms with Crippen LogP contribution in [0.4, 0.5) is 5.69 Å². The molecule has 1 rings (SSSR count). The standard InChI is InChI=1S/C17H29N3O2S2/c1-6-9-14(5)18-17(23)19-16-12-15(11-10-13(16)4)24(21,22)20(7-2)8-3/h10-12,14H,6-9H2,1-5H3,(H2,18,19,23)/t14-/m0/s1. The molecule has 1 aromatic rings. The molecule has 0 bridgehead atoms. The number of rotatable bonds is 8. The summed E-state index contributed by atoms with van der Waals surface area (Å²) in [6.07, 6.45) is 2.10.